The van der Waals surface area contributed by atoms with Gasteiger partial charge in [-0.1, -0.05) is 182 Å². The Kier molecular flexibility index (Phi) is 6.54. The molecule has 246 valence electrons. The van der Waals surface area contributed by atoms with E-state index in [0.29, 0.717) is 0 Å². The van der Waals surface area contributed by atoms with Crippen LogP contribution in [-0.4, -0.2) is 8.07 Å². The summed E-state index contributed by atoms with van der Waals surface area (Å²) in [7, 11) is -2.61. The Morgan fingerprint density at radius 2 is 0.846 bits per heavy atom. The zero-order valence-corrected chi connectivity index (χ0v) is 30.4. The molecule has 0 saturated carbocycles. The molecule has 4 aliphatic carbocycles. The lowest BCUT2D eigenvalue weighted by Gasteiger charge is -2.35. The van der Waals surface area contributed by atoms with Gasteiger partial charge < -0.3 is 0 Å². The first-order valence-corrected chi connectivity index (χ1v) is 21.3. The molecule has 52 heavy (non-hydrogen) atoms. The summed E-state index contributed by atoms with van der Waals surface area (Å²) in [6.07, 6.45) is 8.93. The van der Waals surface area contributed by atoms with E-state index in [0.717, 1.165) is 25.7 Å². The molecule has 0 saturated heterocycles. The van der Waals surface area contributed by atoms with Gasteiger partial charge in [-0.15, -0.1) is 0 Å². The molecule has 0 nitrogen and oxygen atoms in total. The number of hydrogen-bond acceptors (Lipinski definition) is 0. The SMILES string of the molecule is C[Si](C1=C(CC2=Cc3cccc4cccc2c34)Cc2ccccc21)(C1=C(CC2=Cc3cccc4cccc2c34)Cc2ccccc21)c1ccccc1. The maximum Gasteiger partial charge on any atom is 0.146 e. The van der Waals surface area contributed by atoms with Gasteiger partial charge in [-0.2, -0.15) is 0 Å². The summed E-state index contributed by atoms with van der Waals surface area (Å²) in [4.78, 5) is 0. The van der Waals surface area contributed by atoms with E-state index in [2.05, 4.69) is 170 Å². The summed E-state index contributed by atoms with van der Waals surface area (Å²) in [6, 6.07) is 57.5. The van der Waals surface area contributed by atoms with Crippen LogP contribution in [0.4, 0.5) is 0 Å². The normalized spacial score (nSPS) is 15.5. The number of benzene rings is 7. The highest BCUT2D eigenvalue weighted by Gasteiger charge is 2.46. The molecular formula is C51H38Si. The first kappa shape index (κ1) is 29.9. The average Bonchev–Trinajstić information content (AvgIpc) is 3.94. The second-order valence-corrected chi connectivity index (χ2v) is 19.1. The van der Waals surface area contributed by atoms with E-state index < -0.39 is 8.07 Å². The Bertz CT molecular complexity index is 2610. The van der Waals surface area contributed by atoms with Crippen molar-refractivity contribution in [3.8, 4) is 0 Å². The van der Waals surface area contributed by atoms with E-state index >= 15 is 0 Å². The Hall–Kier alpha value is -5.76. The lowest BCUT2D eigenvalue weighted by atomic mass is 9.97. The Labute approximate surface area is 306 Å². The van der Waals surface area contributed by atoms with Gasteiger partial charge in [0.15, 0.2) is 0 Å². The van der Waals surface area contributed by atoms with Crippen LogP contribution in [0.15, 0.2) is 163 Å². The van der Waals surface area contributed by atoms with E-state index in [4.69, 9.17) is 0 Å². The smallest absolute Gasteiger partial charge is 0.0624 e. The number of allylic oxidation sites excluding steroid dienone is 4. The maximum absolute atomic E-state index is 2.69. The molecule has 0 radical (unpaired) electrons. The molecule has 0 aliphatic heterocycles. The topological polar surface area (TPSA) is 0 Å². The molecule has 7 aromatic rings. The molecule has 0 heterocycles. The molecule has 0 N–H and O–H groups in total. The van der Waals surface area contributed by atoms with Crippen molar-refractivity contribution in [2.75, 3.05) is 0 Å². The van der Waals surface area contributed by atoms with Crippen molar-refractivity contribution in [3.05, 3.63) is 207 Å². The third-order valence-electron chi connectivity index (χ3n) is 12.5. The Morgan fingerprint density at radius 3 is 1.35 bits per heavy atom. The highest BCUT2D eigenvalue weighted by Crippen LogP contribution is 2.52. The monoisotopic (exact) mass is 678 g/mol. The third kappa shape index (κ3) is 4.33. The lowest BCUT2D eigenvalue weighted by Crippen LogP contribution is -2.48. The van der Waals surface area contributed by atoms with Crippen molar-refractivity contribution in [3.63, 3.8) is 0 Å². The van der Waals surface area contributed by atoms with Crippen LogP contribution >= 0.6 is 0 Å². The minimum absolute atomic E-state index is 0.972. The molecule has 7 aromatic carbocycles. The van der Waals surface area contributed by atoms with Crippen molar-refractivity contribution in [1.29, 1.82) is 0 Å². The van der Waals surface area contributed by atoms with Crippen LogP contribution in [0.5, 0.6) is 0 Å². The number of rotatable bonds is 7. The largest absolute Gasteiger partial charge is 0.146 e. The van der Waals surface area contributed by atoms with Gasteiger partial charge in [0.2, 0.25) is 0 Å². The van der Waals surface area contributed by atoms with Gasteiger partial charge in [0, 0.05) is 0 Å². The van der Waals surface area contributed by atoms with Gasteiger partial charge >= 0.3 is 0 Å². The second-order valence-electron chi connectivity index (χ2n) is 15.3. The highest BCUT2D eigenvalue weighted by molar-refractivity contribution is 7.18. The first-order valence-electron chi connectivity index (χ1n) is 18.8. The van der Waals surface area contributed by atoms with Gasteiger partial charge in [0.25, 0.3) is 0 Å². The van der Waals surface area contributed by atoms with Crippen molar-refractivity contribution >= 4 is 68.5 Å². The van der Waals surface area contributed by atoms with Gasteiger partial charge in [0.05, 0.1) is 0 Å². The molecule has 4 aliphatic rings. The molecule has 11 rings (SSSR count). The predicted octanol–water partition coefficient (Wildman–Crippen LogP) is 12.3. The fraction of sp³-hybridized carbons (Fsp3) is 0.0980. The maximum atomic E-state index is 2.69. The van der Waals surface area contributed by atoms with E-state index in [1.165, 1.54) is 82.4 Å². The van der Waals surface area contributed by atoms with Crippen molar-refractivity contribution in [2.45, 2.75) is 32.2 Å². The van der Waals surface area contributed by atoms with E-state index in [9.17, 15) is 0 Å². The third-order valence-corrected chi connectivity index (χ3v) is 17.2. The standard InChI is InChI=1S/C51H38Si/c1-52(43-21-3-2-4-22-43,50-41(27-35-13-5-7-23-46(35)50)31-39-29-37-19-9-15-33-17-11-25-44(39)48(33)37)51-42(28-36-14-6-8-24-47(36)51)32-40-30-38-20-10-16-34-18-12-26-45(40)49(34)38/h2-26,29-30H,27-28,31-32H2,1H3. The average molecular weight is 679 g/mol. The molecule has 0 unspecified atom stereocenters. The Morgan fingerprint density at radius 1 is 0.423 bits per heavy atom. The summed E-state index contributed by atoms with van der Waals surface area (Å²) in [5.74, 6) is 0. The summed E-state index contributed by atoms with van der Waals surface area (Å²) in [5, 5.41) is 10.3. The van der Waals surface area contributed by atoms with Gasteiger partial charge in [-0.05, 0) is 118 Å². The number of hydrogen-bond donors (Lipinski definition) is 0. The summed E-state index contributed by atoms with van der Waals surface area (Å²) in [5.41, 5.74) is 17.6. The predicted molar refractivity (Wildman–Crippen MR) is 225 cm³/mol. The van der Waals surface area contributed by atoms with E-state index in [-0.39, 0.29) is 0 Å². The number of fused-ring (bicyclic) bond motifs is 2. The van der Waals surface area contributed by atoms with Crippen LogP contribution in [0, 0.1) is 0 Å². The van der Waals surface area contributed by atoms with Crippen molar-refractivity contribution in [1.82, 2.24) is 0 Å². The molecule has 0 fully saturated rings. The van der Waals surface area contributed by atoms with Crippen LogP contribution < -0.4 is 5.19 Å². The van der Waals surface area contributed by atoms with Crippen molar-refractivity contribution < 1.29 is 0 Å². The summed E-state index contributed by atoms with van der Waals surface area (Å²) >= 11 is 0. The summed E-state index contributed by atoms with van der Waals surface area (Å²) in [6.45, 7) is 2.69. The van der Waals surface area contributed by atoms with E-state index in [1.54, 1.807) is 21.5 Å². The molecule has 0 amide bonds. The van der Waals surface area contributed by atoms with Crippen LogP contribution in [0.3, 0.4) is 0 Å². The lowest BCUT2D eigenvalue weighted by molar-refractivity contribution is 1.12. The zero-order valence-electron chi connectivity index (χ0n) is 29.4. The second kappa shape index (κ2) is 11.4. The fourth-order valence-electron chi connectivity index (χ4n) is 10.4. The van der Waals surface area contributed by atoms with E-state index in [1.807, 2.05) is 0 Å². The molecular weight excluding hydrogens is 641 g/mol. The minimum atomic E-state index is -2.61. The zero-order chi connectivity index (χ0) is 34.4. The fourth-order valence-corrected chi connectivity index (χ4v) is 15.4. The van der Waals surface area contributed by atoms with Gasteiger partial charge in [-0.3, -0.25) is 0 Å². The first-order chi connectivity index (χ1) is 25.6. The van der Waals surface area contributed by atoms with Gasteiger partial charge in [0.1, 0.15) is 8.07 Å². The molecule has 0 atom stereocenters. The van der Waals surface area contributed by atoms with Crippen LogP contribution in [0.1, 0.15) is 57.3 Å². The highest BCUT2D eigenvalue weighted by atomic mass is 28.3. The minimum Gasteiger partial charge on any atom is -0.0624 e. The Balaban J connectivity index is 1.14. The van der Waals surface area contributed by atoms with Crippen LogP contribution in [-0.2, 0) is 12.8 Å². The molecule has 0 spiro atoms. The quantitative estimate of drug-likeness (QED) is 0.147. The molecule has 1 heteroatoms. The molecule has 0 bridgehead atoms. The van der Waals surface area contributed by atoms with Crippen LogP contribution in [0.2, 0.25) is 6.55 Å². The molecule has 0 aromatic heterocycles. The van der Waals surface area contributed by atoms with Crippen molar-refractivity contribution in [2.24, 2.45) is 0 Å². The van der Waals surface area contributed by atoms with Crippen LogP contribution in [0.25, 0.3) is 55.2 Å². The van der Waals surface area contributed by atoms with Gasteiger partial charge in [-0.25, -0.2) is 0 Å². The summed E-state index contributed by atoms with van der Waals surface area (Å²) < 4.78 is 0.